The van der Waals surface area contributed by atoms with E-state index in [0.29, 0.717) is 0 Å². The third kappa shape index (κ3) is 8.95. The molecule has 0 saturated carbocycles. The standard InChI is InChI=1S/C10H14ClNO2/c1-10(2,3)14-9(13)12-8-6-4-5-7-11/h5,7H,8H2,1-3H3,(H,12,13)/b7-5+. The van der Waals surface area contributed by atoms with Crippen molar-refractivity contribution in [3.8, 4) is 11.8 Å². The maximum Gasteiger partial charge on any atom is 0.408 e. The highest BCUT2D eigenvalue weighted by atomic mass is 35.5. The molecule has 0 unspecified atom stereocenters. The highest BCUT2D eigenvalue weighted by Crippen LogP contribution is 2.05. The number of halogens is 1. The van der Waals surface area contributed by atoms with Crippen molar-refractivity contribution in [1.82, 2.24) is 5.32 Å². The number of allylic oxidation sites excluding steroid dienone is 1. The minimum atomic E-state index is -0.479. The maximum absolute atomic E-state index is 11.0. The fourth-order valence-electron chi connectivity index (χ4n) is 0.572. The van der Waals surface area contributed by atoms with E-state index in [9.17, 15) is 4.79 Å². The SMILES string of the molecule is CC(C)(C)OC(=O)NCC#C/C=C/Cl. The van der Waals surface area contributed by atoms with Crippen molar-refractivity contribution < 1.29 is 9.53 Å². The molecule has 0 spiro atoms. The van der Waals surface area contributed by atoms with Crippen molar-refractivity contribution >= 4 is 17.7 Å². The average molecular weight is 216 g/mol. The molecule has 4 heteroatoms. The highest BCUT2D eigenvalue weighted by molar-refractivity contribution is 6.25. The van der Waals surface area contributed by atoms with Crippen LogP contribution in [-0.2, 0) is 4.74 Å². The van der Waals surface area contributed by atoms with Gasteiger partial charge in [0.25, 0.3) is 0 Å². The zero-order valence-corrected chi connectivity index (χ0v) is 9.31. The van der Waals surface area contributed by atoms with Gasteiger partial charge in [0.2, 0.25) is 0 Å². The van der Waals surface area contributed by atoms with E-state index in [1.165, 1.54) is 11.6 Å². The topological polar surface area (TPSA) is 38.3 Å². The molecular formula is C10H14ClNO2. The van der Waals surface area contributed by atoms with Crippen LogP contribution >= 0.6 is 11.6 Å². The number of rotatable bonds is 1. The molecule has 0 atom stereocenters. The lowest BCUT2D eigenvalue weighted by molar-refractivity contribution is 0.0535. The summed E-state index contributed by atoms with van der Waals surface area (Å²) < 4.78 is 4.98. The first-order valence-corrected chi connectivity index (χ1v) is 4.60. The summed E-state index contributed by atoms with van der Waals surface area (Å²) in [5.74, 6) is 5.29. The van der Waals surface area contributed by atoms with Gasteiger partial charge in [0.1, 0.15) is 5.60 Å². The second-order valence-electron chi connectivity index (χ2n) is 3.47. The minimum Gasteiger partial charge on any atom is -0.444 e. The van der Waals surface area contributed by atoms with Crippen LogP contribution in [-0.4, -0.2) is 18.2 Å². The van der Waals surface area contributed by atoms with E-state index in [1.54, 1.807) is 20.8 Å². The van der Waals surface area contributed by atoms with Crippen LogP contribution in [0.3, 0.4) is 0 Å². The number of carbonyl (C=O) groups excluding carboxylic acids is 1. The van der Waals surface area contributed by atoms with E-state index in [1.807, 2.05) is 0 Å². The monoisotopic (exact) mass is 215 g/mol. The maximum atomic E-state index is 11.0. The summed E-state index contributed by atoms with van der Waals surface area (Å²) in [7, 11) is 0. The number of carbonyl (C=O) groups is 1. The lowest BCUT2D eigenvalue weighted by atomic mass is 10.2. The van der Waals surface area contributed by atoms with Crippen molar-refractivity contribution in [3.63, 3.8) is 0 Å². The van der Waals surface area contributed by atoms with Crippen molar-refractivity contribution in [3.05, 3.63) is 11.6 Å². The molecule has 0 aromatic rings. The number of alkyl carbamates (subject to hydrolysis) is 1. The molecule has 14 heavy (non-hydrogen) atoms. The van der Waals surface area contributed by atoms with E-state index < -0.39 is 11.7 Å². The molecule has 0 aliphatic carbocycles. The van der Waals surface area contributed by atoms with Crippen LogP contribution in [0.1, 0.15) is 20.8 Å². The normalized spacial score (nSPS) is 10.6. The van der Waals surface area contributed by atoms with Gasteiger partial charge in [-0.1, -0.05) is 23.4 Å². The van der Waals surface area contributed by atoms with E-state index in [-0.39, 0.29) is 6.54 Å². The summed E-state index contributed by atoms with van der Waals surface area (Å²) in [5.41, 5.74) is 0.827. The Morgan fingerprint density at radius 2 is 2.21 bits per heavy atom. The van der Waals surface area contributed by atoms with Gasteiger partial charge in [-0.05, 0) is 26.8 Å². The smallest absolute Gasteiger partial charge is 0.408 e. The van der Waals surface area contributed by atoms with Crippen molar-refractivity contribution in [2.45, 2.75) is 26.4 Å². The van der Waals surface area contributed by atoms with Gasteiger partial charge < -0.3 is 10.1 Å². The molecule has 0 radical (unpaired) electrons. The first-order valence-electron chi connectivity index (χ1n) is 4.16. The Hall–Kier alpha value is -1.14. The van der Waals surface area contributed by atoms with Crippen molar-refractivity contribution in [1.29, 1.82) is 0 Å². The van der Waals surface area contributed by atoms with E-state index >= 15 is 0 Å². The third-order valence-electron chi connectivity index (χ3n) is 0.968. The summed E-state index contributed by atoms with van der Waals surface area (Å²) in [4.78, 5) is 11.0. The van der Waals surface area contributed by atoms with Crippen LogP contribution in [0.2, 0.25) is 0 Å². The Labute approximate surface area is 89.5 Å². The molecule has 0 aromatic carbocycles. The second-order valence-corrected chi connectivity index (χ2v) is 3.72. The van der Waals surface area contributed by atoms with E-state index in [0.717, 1.165) is 0 Å². The second kappa shape index (κ2) is 6.33. The van der Waals surface area contributed by atoms with Crippen LogP contribution in [0.5, 0.6) is 0 Å². The van der Waals surface area contributed by atoms with Crippen LogP contribution in [0.4, 0.5) is 4.79 Å². The lowest BCUT2D eigenvalue weighted by Gasteiger charge is -2.18. The Morgan fingerprint density at radius 3 is 2.71 bits per heavy atom. The van der Waals surface area contributed by atoms with Gasteiger partial charge >= 0.3 is 6.09 Å². The molecular weight excluding hydrogens is 202 g/mol. The number of hydrogen-bond acceptors (Lipinski definition) is 2. The molecule has 1 N–H and O–H groups in total. The molecule has 0 saturated heterocycles. The summed E-state index contributed by atoms with van der Waals surface area (Å²) in [6.45, 7) is 5.65. The van der Waals surface area contributed by atoms with Crippen LogP contribution in [0.25, 0.3) is 0 Å². The third-order valence-corrected chi connectivity index (χ3v) is 1.09. The summed E-state index contributed by atoms with van der Waals surface area (Å²) in [6.07, 6.45) is 1.01. The highest BCUT2D eigenvalue weighted by Gasteiger charge is 2.14. The fourth-order valence-corrected chi connectivity index (χ4v) is 0.635. The van der Waals surface area contributed by atoms with E-state index in [2.05, 4.69) is 17.2 Å². The zero-order valence-electron chi connectivity index (χ0n) is 8.56. The molecule has 0 rings (SSSR count). The molecule has 78 valence electrons. The number of nitrogens with one attached hydrogen (secondary N) is 1. The molecule has 0 aliphatic heterocycles. The Bertz CT molecular complexity index is 268. The lowest BCUT2D eigenvalue weighted by Crippen LogP contribution is -2.32. The van der Waals surface area contributed by atoms with Crippen LogP contribution in [0.15, 0.2) is 11.6 Å². The summed E-state index contributed by atoms with van der Waals surface area (Å²) in [6, 6.07) is 0. The quantitative estimate of drug-likeness (QED) is 0.682. The van der Waals surface area contributed by atoms with Gasteiger partial charge in [0.15, 0.2) is 0 Å². The number of amides is 1. The van der Waals surface area contributed by atoms with Crippen molar-refractivity contribution in [2.75, 3.05) is 6.54 Å². The minimum absolute atomic E-state index is 0.246. The average Bonchev–Trinajstić information content (AvgIpc) is 2.00. The van der Waals surface area contributed by atoms with E-state index in [4.69, 9.17) is 16.3 Å². The molecule has 0 aromatic heterocycles. The molecule has 3 nitrogen and oxygen atoms in total. The van der Waals surface area contributed by atoms with Crippen LogP contribution in [0, 0.1) is 11.8 Å². The van der Waals surface area contributed by atoms with Gasteiger partial charge in [-0.2, -0.15) is 0 Å². The Kier molecular flexibility index (Phi) is 5.82. The predicted octanol–water partition coefficient (Wildman–Crippen LogP) is 2.27. The fraction of sp³-hybridized carbons (Fsp3) is 0.500. The van der Waals surface area contributed by atoms with Crippen LogP contribution < -0.4 is 5.32 Å². The predicted molar refractivity (Wildman–Crippen MR) is 57.0 cm³/mol. The molecule has 0 fully saturated rings. The Balaban J connectivity index is 3.72. The zero-order chi connectivity index (χ0) is 11.0. The number of hydrogen-bond donors (Lipinski definition) is 1. The molecule has 0 aliphatic rings. The first kappa shape index (κ1) is 12.9. The molecule has 0 heterocycles. The molecule has 1 amide bonds. The summed E-state index contributed by atoms with van der Waals surface area (Å²) in [5, 5.41) is 2.49. The van der Waals surface area contributed by atoms with Gasteiger partial charge in [-0.25, -0.2) is 4.79 Å². The van der Waals surface area contributed by atoms with Gasteiger partial charge in [-0.3, -0.25) is 0 Å². The van der Waals surface area contributed by atoms with Crippen molar-refractivity contribution in [2.24, 2.45) is 0 Å². The largest absolute Gasteiger partial charge is 0.444 e. The van der Waals surface area contributed by atoms with Gasteiger partial charge in [0.05, 0.1) is 6.54 Å². The molecule has 0 bridgehead atoms. The summed E-state index contributed by atoms with van der Waals surface area (Å²) >= 11 is 5.24. The van der Waals surface area contributed by atoms with Gasteiger partial charge in [-0.15, -0.1) is 0 Å². The first-order chi connectivity index (χ1) is 6.45. The van der Waals surface area contributed by atoms with Gasteiger partial charge in [0, 0.05) is 5.54 Å². The number of ether oxygens (including phenoxy) is 1. The Morgan fingerprint density at radius 1 is 1.57 bits per heavy atom.